The average molecular weight is 431 g/mol. The van der Waals surface area contributed by atoms with Crippen LogP contribution in [-0.4, -0.2) is 41.1 Å². The molecule has 5 rings (SSSR count). The molecule has 1 aliphatic heterocycles. The molecule has 8 nitrogen and oxygen atoms in total. The highest BCUT2D eigenvalue weighted by Gasteiger charge is 2.29. The molecule has 0 N–H and O–H groups in total. The van der Waals surface area contributed by atoms with Crippen LogP contribution in [-0.2, 0) is 0 Å². The molecule has 162 valence electrons. The molecule has 0 saturated carbocycles. The van der Waals surface area contributed by atoms with Gasteiger partial charge in [0.15, 0.2) is 0 Å². The lowest BCUT2D eigenvalue weighted by Gasteiger charge is -2.30. The number of hydrogen-bond acceptors (Lipinski definition) is 7. The van der Waals surface area contributed by atoms with E-state index < -0.39 is 5.63 Å². The Balaban J connectivity index is 1.27. The number of methoxy groups -OCH3 is 1. The van der Waals surface area contributed by atoms with E-state index in [9.17, 15) is 9.59 Å². The third kappa shape index (κ3) is 3.75. The maximum absolute atomic E-state index is 13.0. The Morgan fingerprint density at radius 3 is 2.59 bits per heavy atom. The Hall–Kier alpha value is -3.94. The van der Waals surface area contributed by atoms with Crippen LogP contribution in [0.1, 0.15) is 35.0 Å². The molecular weight excluding hydrogens is 410 g/mol. The number of carbonyl (C=O) groups is 1. The minimum absolute atomic E-state index is 0.0572. The SMILES string of the molecule is COc1ccc(-c2noc(C3CCN(C(=O)c4cc5ccccc5oc4=O)CC3)n2)cc1. The van der Waals surface area contributed by atoms with Gasteiger partial charge in [0.2, 0.25) is 11.7 Å². The minimum Gasteiger partial charge on any atom is -0.497 e. The van der Waals surface area contributed by atoms with E-state index in [0.29, 0.717) is 43.2 Å². The lowest BCUT2D eigenvalue weighted by Crippen LogP contribution is -2.39. The first-order valence-corrected chi connectivity index (χ1v) is 10.4. The molecule has 1 saturated heterocycles. The molecule has 0 radical (unpaired) electrons. The second-order valence-corrected chi connectivity index (χ2v) is 7.74. The van der Waals surface area contributed by atoms with Crippen LogP contribution in [0.25, 0.3) is 22.4 Å². The van der Waals surface area contributed by atoms with Gasteiger partial charge in [0, 0.05) is 30.0 Å². The molecule has 8 heteroatoms. The molecule has 32 heavy (non-hydrogen) atoms. The summed E-state index contributed by atoms with van der Waals surface area (Å²) in [7, 11) is 1.62. The van der Waals surface area contributed by atoms with Crippen LogP contribution >= 0.6 is 0 Å². The average Bonchev–Trinajstić information content (AvgIpc) is 3.34. The van der Waals surface area contributed by atoms with Crippen LogP contribution in [0.2, 0.25) is 0 Å². The number of piperidine rings is 1. The Morgan fingerprint density at radius 1 is 1.09 bits per heavy atom. The highest BCUT2D eigenvalue weighted by Crippen LogP contribution is 2.29. The highest BCUT2D eigenvalue weighted by molar-refractivity contribution is 5.96. The van der Waals surface area contributed by atoms with Gasteiger partial charge in [0.1, 0.15) is 16.9 Å². The van der Waals surface area contributed by atoms with E-state index in [0.717, 1.165) is 16.7 Å². The van der Waals surface area contributed by atoms with Crippen LogP contribution in [0.4, 0.5) is 0 Å². The van der Waals surface area contributed by atoms with Crippen molar-refractivity contribution in [3.63, 3.8) is 0 Å². The number of ether oxygens (including phenoxy) is 1. The Bertz CT molecular complexity index is 1320. The predicted molar refractivity (Wildman–Crippen MR) is 117 cm³/mol. The van der Waals surface area contributed by atoms with Crippen molar-refractivity contribution in [2.75, 3.05) is 20.2 Å². The fourth-order valence-corrected chi connectivity index (χ4v) is 3.97. The first-order valence-electron chi connectivity index (χ1n) is 10.4. The molecule has 1 fully saturated rings. The van der Waals surface area contributed by atoms with E-state index in [1.165, 1.54) is 0 Å². The van der Waals surface area contributed by atoms with Gasteiger partial charge in [-0.25, -0.2) is 4.79 Å². The summed E-state index contributed by atoms with van der Waals surface area (Å²) in [5.74, 6) is 1.59. The number of para-hydroxylation sites is 1. The first kappa shape index (κ1) is 20.0. The summed E-state index contributed by atoms with van der Waals surface area (Å²) in [6.45, 7) is 0.992. The van der Waals surface area contributed by atoms with Gasteiger partial charge in [0.05, 0.1) is 7.11 Å². The molecular formula is C24H21N3O5. The molecule has 4 aromatic rings. The normalized spacial score (nSPS) is 14.6. The molecule has 0 spiro atoms. The summed E-state index contributed by atoms with van der Waals surface area (Å²) in [6, 6.07) is 16.2. The zero-order valence-electron chi connectivity index (χ0n) is 17.5. The van der Waals surface area contributed by atoms with Crippen LogP contribution in [0.3, 0.4) is 0 Å². The quantitative estimate of drug-likeness (QED) is 0.452. The van der Waals surface area contributed by atoms with Crippen LogP contribution in [0.5, 0.6) is 5.75 Å². The largest absolute Gasteiger partial charge is 0.497 e. The van der Waals surface area contributed by atoms with Crippen LogP contribution in [0, 0.1) is 0 Å². The van der Waals surface area contributed by atoms with Gasteiger partial charge in [-0.15, -0.1) is 0 Å². The van der Waals surface area contributed by atoms with Crippen LogP contribution in [0.15, 0.2) is 68.3 Å². The fourth-order valence-electron chi connectivity index (χ4n) is 3.97. The molecule has 0 aliphatic carbocycles. The lowest BCUT2D eigenvalue weighted by molar-refractivity contribution is 0.0700. The van der Waals surface area contributed by atoms with Gasteiger partial charge in [-0.2, -0.15) is 4.98 Å². The van der Waals surface area contributed by atoms with E-state index in [1.807, 2.05) is 36.4 Å². The monoisotopic (exact) mass is 431 g/mol. The van der Waals surface area contributed by atoms with Gasteiger partial charge >= 0.3 is 5.63 Å². The van der Waals surface area contributed by atoms with Crippen LogP contribution < -0.4 is 10.4 Å². The van der Waals surface area contributed by atoms with E-state index >= 15 is 0 Å². The fraction of sp³-hybridized carbons (Fsp3) is 0.250. The van der Waals surface area contributed by atoms with E-state index in [4.69, 9.17) is 13.7 Å². The minimum atomic E-state index is -0.614. The van der Waals surface area contributed by atoms with Crippen molar-refractivity contribution < 1.29 is 18.5 Å². The van der Waals surface area contributed by atoms with Gasteiger partial charge in [-0.1, -0.05) is 23.4 Å². The van der Waals surface area contributed by atoms with Gasteiger partial charge in [-0.3, -0.25) is 4.79 Å². The zero-order valence-corrected chi connectivity index (χ0v) is 17.5. The number of aromatic nitrogens is 2. The number of amides is 1. The predicted octanol–water partition coefficient (Wildman–Crippen LogP) is 3.87. The number of carbonyl (C=O) groups excluding carboxylic acids is 1. The highest BCUT2D eigenvalue weighted by atomic mass is 16.5. The molecule has 1 aliphatic rings. The van der Waals surface area contributed by atoms with Crippen molar-refractivity contribution in [1.82, 2.24) is 15.0 Å². The van der Waals surface area contributed by atoms with Crippen molar-refractivity contribution in [1.29, 1.82) is 0 Å². The topological polar surface area (TPSA) is 98.7 Å². The Morgan fingerprint density at radius 2 is 1.84 bits per heavy atom. The van der Waals surface area contributed by atoms with E-state index in [-0.39, 0.29) is 17.4 Å². The van der Waals surface area contributed by atoms with Gasteiger partial charge in [-0.05, 0) is 49.2 Å². The standard InChI is InChI=1S/C24H21N3O5/c1-30-18-8-6-15(7-9-18)21-25-22(32-26-21)16-10-12-27(13-11-16)23(28)19-14-17-4-2-3-5-20(17)31-24(19)29/h2-9,14,16H,10-13H2,1H3. The second kappa shape index (κ2) is 8.30. The number of likely N-dealkylation sites (tertiary alicyclic amines) is 1. The molecule has 2 aromatic carbocycles. The molecule has 0 atom stereocenters. The Kier molecular flexibility index (Phi) is 5.18. The van der Waals surface area contributed by atoms with Gasteiger partial charge < -0.3 is 18.6 Å². The summed E-state index contributed by atoms with van der Waals surface area (Å²) in [4.78, 5) is 31.5. The molecule has 1 amide bonds. The van der Waals surface area contributed by atoms with E-state index in [2.05, 4.69) is 10.1 Å². The zero-order chi connectivity index (χ0) is 22.1. The number of hydrogen-bond donors (Lipinski definition) is 0. The molecule has 0 unspecified atom stereocenters. The summed E-state index contributed by atoms with van der Waals surface area (Å²) in [5, 5.41) is 4.82. The number of fused-ring (bicyclic) bond motifs is 1. The summed E-state index contributed by atoms with van der Waals surface area (Å²) in [6.07, 6.45) is 1.35. The maximum Gasteiger partial charge on any atom is 0.349 e. The lowest BCUT2D eigenvalue weighted by atomic mass is 9.96. The third-order valence-electron chi connectivity index (χ3n) is 5.79. The number of rotatable bonds is 4. The van der Waals surface area contributed by atoms with Crippen molar-refractivity contribution in [2.24, 2.45) is 0 Å². The number of benzene rings is 2. The first-order chi connectivity index (χ1) is 15.6. The smallest absolute Gasteiger partial charge is 0.349 e. The third-order valence-corrected chi connectivity index (χ3v) is 5.79. The number of nitrogens with zero attached hydrogens (tertiary/aromatic N) is 3. The summed E-state index contributed by atoms with van der Waals surface area (Å²) < 4.78 is 16.0. The second-order valence-electron chi connectivity index (χ2n) is 7.74. The van der Waals surface area contributed by atoms with Crippen molar-refractivity contribution in [3.05, 3.63) is 76.5 Å². The van der Waals surface area contributed by atoms with Crippen molar-refractivity contribution >= 4 is 16.9 Å². The van der Waals surface area contributed by atoms with E-state index in [1.54, 1.807) is 30.2 Å². The molecule has 3 heterocycles. The Labute approximate surface area is 183 Å². The van der Waals surface area contributed by atoms with Gasteiger partial charge in [0.25, 0.3) is 5.91 Å². The molecule has 2 aromatic heterocycles. The summed E-state index contributed by atoms with van der Waals surface area (Å²) >= 11 is 0. The summed E-state index contributed by atoms with van der Waals surface area (Å²) in [5.41, 5.74) is 0.756. The molecule has 0 bridgehead atoms. The maximum atomic E-state index is 13.0. The van der Waals surface area contributed by atoms with Crippen molar-refractivity contribution in [3.8, 4) is 17.1 Å². The van der Waals surface area contributed by atoms with Crippen molar-refractivity contribution in [2.45, 2.75) is 18.8 Å².